The van der Waals surface area contributed by atoms with Crippen LogP contribution >= 0.6 is 0 Å². The summed E-state index contributed by atoms with van der Waals surface area (Å²) >= 11 is 0. The quantitative estimate of drug-likeness (QED) is 0.648. The van der Waals surface area contributed by atoms with Gasteiger partial charge in [0.1, 0.15) is 0 Å². The van der Waals surface area contributed by atoms with Crippen molar-refractivity contribution in [1.82, 2.24) is 5.32 Å². The highest BCUT2D eigenvalue weighted by Crippen LogP contribution is 2.26. The molecule has 0 bridgehead atoms. The van der Waals surface area contributed by atoms with Crippen molar-refractivity contribution in [3.05, 3.63) is 11.1 Å². The van der Waals surface area contributed by atoms with Crippen LogP contribution in [0.4, 0.5) is 0 Å². The fraction of sp³-hybridized carbons (Fsp3) is 0.833. The Kier molecular flexibility index (Phi) is 3.98. The number of rotatable bonds is 2. The third-order valence-electron chi connectivity index (χ3n) is 2.92. The Morgan fingerprint density at radius 3 is 2.23 bits per heavy atom. The molecule has 0 saturated carbocycles. The molecule has 1 rings (SSSR count). The van der Waals surface area contributed by atoms with Crippen LogP contribution in [0.3, 0.4) is 0 Å². The topological polar surface area (TPSA) is 12.0 Å². The predicted molar refractivity (Wildman–Crippen MR) is 60.9 cm³/mol. The maximum atomic E-state index is 3.51. The largest absolute Gasteiger partial charge is 0.313 e. The lowest BCUT2D eigenvalue weighted by molar-refractivity contribution is 0.652. The second kappa shape index (κ2) is 4.80. The highest BCUT2D eigenvalue weighted by Gasteiger charge is 2.15. The summed E-state index contributed by atoms with van der Waals surface area (Å²) in [7, 11) is 0. The number of hydrogen-bond acceptors (Lipinski definition) is 1. The summed E-state index contributed by atoms with van der Waals surface area (Å²) in [4.78, 5) is 0. The highest BCUT2D eigenvalue weighted by molar-refractivity contribution is 5.20. The van der Waals surface area contributed by atoms with Crippen LogP contribution in [-0.4, -0.2) is 13.1 Å². The lowest BCUT2D eigenvalue weighted by Gasteiger charge is -2.18. The van der Waals surface area contributed by atoms with Gasteiger partial charge >= 0.3 is 0 Å². The molecule has 1 aliphatic heterocycles. The van der Waals surface area contributed by atoms with Gasteiger partial charge in [0.15, 0.2) is 0 Å². The number of hydrogen-bond donors (Lipinski definition) is 1. The minimum atomic E-state index is 0. The van der Waals surface area contributed by atoms with Crippen molar-refractivity contribution < 1.29 is 1.43 Å². The van der Waals surface area contributed by atoms with E-state index in [0.29, 0.717) is 5.92 Å². The predicted octanol–water partition coefficient (Wildman–Crippen LogP) is 3.22. The molecule has 0 saturated heterocycles. The zero-order chi connectivity index (χ0) is 9.84. The van der Waals surface area contributed by atoms with Crippen molar-refractivity contribution in [2.24, 2.45) is 11.8 Å². The van der Waals surface area contributed by atoms with E-state index in [1.165, 1.54) is 19.4 Å². The Labute approximate surface area is 84.1 Å². The Hall–Kier alpha value is -0.300. The molecule has 1 heterocycles. The fourth-order valence-corrected chi connectivity index (χ4v) is 2.14. The molecule has 13 heavy (non-hydrogen) atoms. The van der Waals surface area contributed by atoms with Crippen molar-refractivity contribution in [1.29, 1.82) is 0 Å². The van der Waals surface area contributed by atoms with Gasteiger partial charge in [0.25, 0.3) is 0 Å². The van der Waals surface area contributed by atoms with Gasteiger partial charge in [-0.1, -0.05) is 38.8 Å². The molecule has 0 aromatic heterocycles. The van der Waals surface area contributed by atoms with Gasteiger partial charge in [-0.15, -0.1) is 0 Å². The lowest BCUT2D eigenvalue weighted by Crippen LogP contribution is -2.19. The average molecular weight is 183 g/mol. The van der Waals surface area contributed by atoms with E-state index < -0.39 is 0 Å². The van der Waals surface area contributed by atoms with E-state index in [0.717, 1.165) is 12.5 Å². The first-order chi connectivity index (χ1) is 6.13. The van der Waals surface area contributed by atoms with Crippen LogP contribution in [0.15, 0.2) is 11.1 Å². The normalized spacial score (nSPS) is 19.8. The van der Waals surface area contributed by atoms with Gasteiger partial charge < -0.3 is 5.32 Å². The number of allylic oxidation sites excluding steroid dienone is 1. The molecule has 0 aliphatic carbocycles. The molecule has 0 atom stereocenters. The first kappa shape index (κ1) is 10.8. The van der Waals surface area contributed by atoms with Crippen molar-refractivity contribution >= 4 is 0 Å². The van der Waals surface area contributed by atoms with Crippen LogP contribution in [-0.2, 0) is 0 Å². The van der Waals surface area contributed by atoms with Gasteiger partial charge in [0.2, 0.25) is 0 Å². The van der Waals surface area contributed by atoms with E-state index in [-0.39, 0.29) is 1.43 Å². The van der Waals surface area contributed by atoms with Crippen molar-refractivity contribution in [3.8, 4) is 0 Å². The van der Waals surface area contributed by atoms with Crippen LogP contribution in [0.2, 0.25) is 0 Å². The first-order valence-electron chi connectivity index (χ1n) is 5.55. The zero-order valence-electron chi connectivity index (χ0n) is 9.48. The van der Waals surface area contributed by atoms with Gasteiger partial charge in [0.05, 0.1) is 0 Å². The second-order valence-corrected chi connectivity index (χ2v) is 4.64. The average Bonchev–Trinajstić information content (AvgIpc) is 2.27. The second-order valence-electron chi connectivity index (χ2n) is 4.64. The molecular weight excluding hydrogens is 158 g/mol. The third kappa shape index (κ3) is 2.84. The molecule has 1 aliphatic rings. The van der Waals surface area contributed by atoms with Gasteiger partial charge in [-0.2, -0.15) is 0 Å². The van der Waals surface area contributed by atoms with Gasteiger partial charge in [-0.3, -0.25) is 0 Å². The monoisotopic (exact) mass is 183 g/mol. The molecule has 0 aromatic rings. The van der Waals surface area contributed by atoms with Crippen molar-refractivity contribution in [2.75, 3.05) is 13.1 Å². The molecule has 0 amide bonds. The van der Waals surface area contributed by atoms with Gasteiger partial charge in [-0.25, -0.2) is 0 Å². The first-order valence-corrected chi connectivity index (χ1v) is 5.55. The van der Waals surface area contributed by atoms with E-state index >= 15 is 0 Å². The minimum Gasteiger partial charge on any atom is -0.313 e. The van der Waals surface area contributed by atoms with Crippen LogP contribution in [0.25, 0.3) is 0 Å². The summed E-state index contributed by atoms with van der Waals surface area (Å²) < 4.78 is 0. The van der Waals surface area contributed by atoms with E-state index in [9.17, 15) is 0 Å². The molecule has 0 aromatic carbocycles. The van der Waals surface area contributed by atoms with Crippen LogP contribution < -0.4 is 5.32 Å². The summed E-state index contributed by atoms with van der Waals surface area (Å²) in [6.45, 7) is 11.6. The molecule has 0 radical (unpaired) electrons. The molecule has 0 unspecified atom stereocenters. The van der Waals surface area contributed by atoms with E-state index in [1.54, 1.807) is 11.1 Å². The molecule has 78 valence electrons. The molecular formula is C12H25N. The molecule has 0 spiro atoms. The summed E-state index contributed by atoms with van der Waals surface area (Å²) in [6, 6.07) is 0. The zero-order valence-corrected chi connectivity index (χ0v) is 9.48. The van der Waals surface area contributed by atoms with Crippen LogP contribution in [0, 0.1) is 11.8 Å². The fourth-order valence-electron chi connectivity index (χ4n) is 2.14. The maximum absolute atomic E-state index is 3.51. The molecule has 1 N–H and O–H groups in total. The standard InChI is InChI=1S/C12H23N.H2/c1-9(2)11-6-5-7-13-8-12(11)10(3)4;/h9-10,13H,5-8H2,1-4H3;1H. The van der Waals surface area contributed by atoms with Gasteiger partial charge in [-0.05, 0) is 31.2 Å². The summed E-state index contributed by atoms with van der Waals surface area (Å²) in [5, 5.41) is 3.51. The minimum absolute atomic E-state index is 0. The number of nitrogens with one attached hydrogen (secondary N) is 1. The van der Waals surface area contributed by atoms with Crippen molar-refractivity contribution in [3.63, 3.8) is 0 Å². The Morgan fingerprint density at radius 2 is 1.69 bits per heavy atom. The maximum Gasteiger partial charge on any atom is 0.0169 e. The Morgan fingerprint density at radius 1 is 1.08 bits per heavy atom. The van der Waals surface area contributed by atoms with Crippen molar-refractivity contribution in [2.45, 2.75) is 40.5 Å². The Bertz CT molecular complexity index is 174. The third-order valence-corrected chi connectivity index (χ3v) is 2.92. The van der Waals surface area contributed by atoms with Crippen LogP contribution in [0.5, 0.6) is 0 Å². The molecule has 0 fully saturated rings. The Balaban J connectivity index is 0.00000169. The van der Waals surface area contributed by atoms with Crippen LogP contribution in [0.1, 0.15) is 42.0 Å². The van der Waals surface area contributed by atoms with E-state index in [2.05, 4.69) is 33.0 Å². The highest BCUT2D eigenvalue weighted by atomic mass is 14.9. The van der Waals surface area contributed by atoms with E-state index in [4.69, 9.17) is 0 Å². The summed E-state index contributed by atoms with van der Waals surface area (Å²) in [6.07, 6.45) is 2.61. The van der Waals surface area contributed by atoms with Gasteiger partial charge in [0, 0.05) is 7.97 Å². The lowest BCUT2D eigenvalue weighted by atomic mass is 9.88. The molecule has 1 heteroatoms. The van der Waals surface area contributed by atoms with E-state index in [1.807, 2.05) is 0 Å². The smallest absolute Gasteiger partial charge is 0.0169 e. The molecule has 1 nitrogen and oxygen atoms in total. The summed E-state index contributed by atoms with van der Waals surface area (Å²) in [5.74, 6) is 1.44. The SMILES string of the molecule is CC(C)C1=C(C(C)C)CNCCC1.[HH]. The summed E-state index contributed by atoms with van der Waals surface area (Å²) in [5.41, 5.74) is 3.37.